The maximum Gasteiger partial charge on any atom is 0.309 e. The Kier molecular flexibility index (Phi) is 5.95. The summed E-state index contributed by atoms with van der Waals surface area (Å²) >= 11 is 0. The highest BCUT2D eigenvalue weighted by molar-refractivity contribution is 5.89. The predicted molar refractivity (Wildman–Crippen MR) is 106 cm³/mol. The van der Waals surface area contributed by atoms with Crippen LogP contribution in [0.5, 0.6) is 0 Å². The molecule has 0 bridgehead atoms. The van der Waals surface area contributed by atoms with E-state index in [2.05, 4.69) is 44.7 Å². The fourth-order valence-corrected chi connectivity index (χ4v) is 3.52. The molecule has 0 saturated carbocycles. The molecule has 1 N–H and O–H groups in total. The van der Waals surface area contributed by atoms with E-state index < -0.39 is 0 Å². The minimum atomic E-state index is -0.343. The van der Waals surface area contributed by atoms with Gasteiger partial charge < -0.3 is 9.73 Å². The van der Waals surface area contributed by atoms with Crippen LogP contribution < -0.4 is 5.32 Å². The number of nitrogens with one attached hydrogen (secondary N) is 1. The maximum absolute atomic E-state index is 13.0. The van der Waals surface area contributed by atoms with Crippen molar-refractivity contribution in [2.24, 2.45) is 0 Å². The second kappa shape index (κ2) is 8.96. The summed E-state index contributed by atoms with van der Waals surface area (Å²) in [5, 5.41) is 10.8. The summed E-state index contributed by atoms with van der Waals surface area (Å²) < 4.78 is 18.5. The molecule has 1 aliphatic heterocycles. The second-order valence-electron chi connectivity index (χ2n) is 7.31. The van der Waals surface area contributed by atoms with E-state index in [1.165, 1.54) is 17.7 Å². The van der Waals surface area contributed by atoms with Gasteiger partial charge in [0.05, 0.1) is 6.42 Å². The zero-order valence-electron chi connectivity index (χ0n) is 16.1. The van der Waals surface area contributed by atoms with Gasteiger partial charge >= 0.3 is 11.8 Å². The number of aromatic nitrogens is 2. The molecule has 1 saturated heterocycles. The van der Waals surface area contributed by atoms with Gasteiger partial charge in [0.1, 0.15) is 5.82 Å². The molecule has 0 atom stereocenters. The van der Waals surface area contributed by atoms with Crippen molar-refractivity contribution in [2.45, 2.75) is 31.8 Å². The van der Waals surface area contributed by atoms with Crippen LogP contribution in [0.25, 0.3) is 0 Å². The number of carbonyl (C=O) groups excluding carboxylic acids is 1. The third kappa shape index (κ3) is 5.26. The lowest BCUT2D eigenvalue weighted by Crippen LogP contribution is -2.44. The molecule has 1 fully saturated rings. The molecule has 1 aliphatic rings. The number of benzene rings is 2. The molecule has 1 aromatic heterocycles. The Balaban J connectivity index is 1.26. The van der Waals surface area contributed by atoms with E-state index >= 15 is 0 Å². The first-order chi connectivity index (χ1) is 14.2. The molecular formula is C22H23FN4O2. The molecule has 2 heterocycles. The van der Waals surface area contributed by atoms with Crippen LogP contribution in [0.1, 0.15) is 40.5 Å². The predicted octanol–water partition coefficient (Wildman–Crippen LogP) is 3.19. The third-order valence-electron chi connectivity index (χ3n) is 5.10. The van der Waals surface area contributed by atoms with Gasteiger partial charge in [0.15, 0.2) is 0 Å². The normalized spacial score (nSPS) is 15.3. The monoisotopic (exact) mass is 394 g/mol. The van der Waals surface area contributed by atoms with Gasteiger partial charge in [-0.1, -0.05) is 42.5 Å². The lowest BCUT2D eigenvalue weighted by Gasteiger charge is -2.32. The highest BCUT2D eigenvalue weighted by Crippen LogP contribution is 2.15. The van der Waals surface area contributed by atoms with E-state index in [0.717, 1.165) is 38.0 Å². The molecular weight excluding hydrogens is 371 g/mol. The number of nitrogens with zero attached hydrogens (tertiary/aromatic N) is 3. The molecule has 1 amide bonds. The topological polar surface area (TPSA) is 71.3 Å². The molecule has 7 heteroatoms. The van der Waals surface area contributed by atoms with Crippen LogP contribution >= 0.6 is 0 Å². The first-order valence-electron chi connectivity index (χ1n) is 9.80. The van der Waals surface area contributed by atoms with Crippen molar-refractivity contribution in [3.63, 3.8) is 0 Å². The van der Waals surface area contributed by atoms with Gasteiger partial charge in [-0.25, -0.2) is 4.39 Å². The maximum atomic E-state index is 13.0. The fraction of sp³-hybridized carbons (Fsp3) is 0.318. The molecule has 6 nitrogen and oxygen atoms in total. The van der Waals surface area contributed by atoms with Gasteiger partial charge in [-0.3, -0.25) is 9.69 Å². The van der Waals surface area contributed by atoms with Crippen LogP contribution in [0.2, 0.25) is 0 Å². The summed E-state index contributed by atoms with van der Waals surface area (Å²) in [5.41, 5.74) is 2.14. The molecule has 29 heavy (non-hydrogen) atoms. The van der Waals surface area contributed by atoms with Crippen LogP contribution in [-0.2, 0) is 13.0 Å². The van der Waals surface area contributed by atoms with E-state index in [0.29, 0.717) is 12.3 Å². The fourth-order valence-electron chi connectivity index (χ4n) is 3.52. The van der Waals surface area contributed by atoms with Crippen LogP contribution in [0.4, 0.5) is 4.39 Å². The number of hydrogen-bond donors (Lipinski definition) is 1. The summed E-state index contributed by atoms with van der Waals surface area (Å²) in [7, 11) is 0. The minimum absolute atomic E-state index is 0.0335. The first-order valence-corrected chi connectivity index (χ1v) is 9.80. The van der Waals surface area contributed by atoms with Gasteiger partial charge in [-0.15, -0.1) is 10.2 Å². The number of piperidine rings is 1. The number of carbonyl (C=O) groups is 1. The summed E-state index contributed by atoms with van der Waals surface area (Å²) in [6.45, 7) is 2.79. The van der Waals surface area contributed by atoms with Crippen molar-refractivity contribution in [1.82, 2.24) is 20.4 Å². The van der Waals surface area contributed by atoms with Crippen molar-refractivity contribution in [2.75, 3.05) is 13.1 Å². The third-order valence-corrected chi connectivity index (χ3v) is 5.10. The first kappa shape index (κ1) is 19.3. The van der Waals surface area contributed by atoms with Gasteiger partial charge in [0, 0.05) is 25.7 Å². The Morgan fingerprint density at radius 1 is 1.03 bits per heavy atom. The Morgan fingerprint density at radius 2 is 1.76 bits per heavy atom. The Morgan fingerprint density at radius 3 is 2.48 bits per heavy atom. The Bertz CT molecular complexity index is 935. The summed E-state index contributed by atoms with van der Waals surface area (Å²) in [4.78, 5) is 14.8. The largest absolute Gasteiger partial charge is 0.417 e. The molecule has 0 radical (unpaired) electrons. The molecule has 0 unspecified atom stereocenters. The van der Waals surface area contributed by atoms with Crippen molar-refractivity contribution < 1.29 is 13.6 Å². The van der Waals surface area contributed by atoms with Gasteiger partial charge in [0.2, 0.25) is 5.89 Å². The smallest absolute Gasteiger partial charge is 0.309 e. The minimum Gasteiger partial charge on any atom is -0.417 e. The molecule has 0 spiro atoms. The Labute approximate surface area is 168 Å². The summed E-state index contributed by atoms with van der Waals surface area (Å²) in [6.07, 6.45) is 2.13. The standard InChI is InChI=1S/C22H23FN4O2/c23-18-8-6-16(7-9-18)14-20-25-26-22(29-20)21(28)24-19-10-12-27(13-11-19)15-17-4-2-1-3-5-17/h1-9,19H,10-15H2,(H,24,28). The molecule has 150 valence electrons. The van der Waals surface area contributed by atoms with E-state index in [-0.39, 0.29) is 23.7 Å². The second-order valence-corrected chi connectivity index (χ2v) is 7.31. The number of hydrogen-bond acceptors (Lipinski definition) is 5. The lowest BCUT2D eigenvalue weighted by atomic mass is 10.0. The average molecular weight is 394 g/mol. The van der Waals surface area contributed by atoms with Crippen molar-refractivity contribution in [3.8, 4) is 0 Å². The molecule has 3 aromatic rings. The van der Waals surface area contributed by atoms with E-state index in [1.807, 2.05) is 6.07 Å². The zero-order chi connectivity index (χ0) is 20.1. The number of halogens is 1. The van der Waals surface area contributed by atoms with Gasteiger partial charge in [0.25, 0.3) is 0 Å². The number of likely N-dealkylation sites (tertiary alicyclic amines) is 1. The Hall–Kier alpha value is -3.06. The highest BCUT2D eigenvalue weighted by Gasteiger charge is 2.23. The van der Waals surface area contributed by atoms with E-state index in [1.54, 1.807) is 12.1 Å². The molecule has 0 aliphatic carbocycles. The van der Waals surface area contributed by atoms with Gasteiger partial charge in [-0.05, 0) is 36.1 Å². The van der Waals surface area contributed by atoms with Crippen LogP contribution in [-0.4, -0.2) is 40.1 Å². The summed E-state index contributed by atoms with van der Waals surface area (Å²) in [5.74, 6) is -0.341. The van der Waals surface area contributed by atoms with Crippen LogP contribution in [0, 0.1) is 5.82 Å². The van der Waals surface area contributed by atoms with Gasteiger partial charge in [-0.2, -0.15) is 0 Å². The highest BCUT2D eigenvalue weighted by atomic mass is 19.1. The number of amides is 1. The summed E-state index contributed by atoms with van der Waals surface area (Å²) in [6, 6.07) is 16.6. The number of rotatable bonds is 6. The average Bonchev–Trinajstić information content (AvgIpc) is 3.21. The van der Waals surface area contributed by atoms with Crippen molar-refractivity contribution in [3.05, 3.63) is 83.3 Å². The molecule has 4 rings (SSSR count). The molecule has 2 aromatic carbocycles. The van der Waals surface area contributed by atoms with Crippen molar-refractivity contribution in [1.29, 1.82) is 0 Å². The van der Waals surface area contributed by atoms with Crippen molar-refractivity contribution >= 4 is 5.91 Å². The van der Waals surface area contributed by atoms with E-state index in [4.69, 9.17) is 4.42 Å². The van der Waals surface area contributed by atoms with E-state index in [9.17, 15) is 9.18 Å². The zero-order valence-corrected chi connectivity index (χ0v) is 16.1. The lowest BCUT2D eigenvalue weighted by molar-refractivity contribution is 0.0872. The van der Waals surface area contributed by atoms with Crippen LogP contribution in [0.3, 0.4) is 0 Å². The van der Waals surface area contributed by atoms with Crippen LogP contribution in [0.15, 0.2) is 59.0 Å². The quantitative estimate of drug-likeness (QED) is 0.695. The SMILES string of the molecule is O=C(NC1CCN(Cc2ccccc2)CC1)c1nnc(Cc2ccc(F)cc2)o1.